The Morgan fingerprint density at radius 3 is 2.95 bits per heavy atom. The number of aliphatic hydroxyl groups excluding tert-OH is 1. The van der Waals surface area contributed by atoms with Crippen LogP contribution in [-0.2, 0) is 6.61 Å². The number of nitrogens with zero attached hydrogens (tertiary/aromatic N) is 2. The van der Waals surface area contributed by atoms with Gasteiger partial charge in [0.2, 0.25) is 0 Å². The number of anilines is 1. The fourth-order valence-electron chi connectivity index (χ4n) is 3.12. The lowest BCUT2D eigenvalue weighted by atomic mass is 10.1. The van der Waals surface area contributed by atoms with E-state index in [1.165, 1.54) is 31.1 Å². The minimum atomic E-state index is 0.0000548. The molecule has 1 aliphatic rings. The van der Waals surface area contributed by atoms with Gasteiger partial charge in [0, 0.05) is 18.0 Å². The average molecular weight is 270 g/mol. The number of fused-ring (bicyclic) bond motifs is 1. The van der Waals surface area contributed by atoms with Gasteiger partial charge in [0.25, 0.3) is 0 Å². The molecule has 20 heavy (non-hydrogen) atoms. The third kappa shape index (κ3) is 2.50. The summed E-state index contributed by atoms with van der Waals surface area (Å²) in [6, 6.07) is 10.8. The fourth-order valence-corrected chi connectivity index (χ4v) is 3.12. The van der Waals surface area contributed by atoms with Gasteiger partial charge in [0.15, 0.2) is 0 Å². The van der Waals surface area contributed by atoms with Gasteiger partial charge in [-0.2, -0.15) is 0 Å². The number of hydrogen-bond donors (Lipinski definition) is 1. The molecule has 3 rings (SSSR count). The minimum Gasteiger partial charge on any atom is -0.390 e. The van der Waals surface area contributed by atoms with Crippen LogP contribution >= 0.6 is 0 Å². The normalized spacial score (nSPS) is 20.1. The minimum absolute atomic E-state index is 0.0000548. The highest BCUT2D eigenvalue weighted by molar-refractivity contribution is 5.92. The van der Waals surface area contributed by atoms with E-state index in [0.29, 0.717) is 6.04 Å². The largest absolute Gasteiger partial charge is 0.390 e. The molecule has 0 spiro atoms. The second-order valence-corrected chi connectivity index (χ2v) is 5.71. The molecule has 3 heteroatoms. The molecule has 2 heterocycles. The maximum absolute atomic E-state index is 9.46. The molecular formula is C17H22N2O. The first-order valence-corrected chi connectivity index (χ1v) is 7.56. The number of rotatable bonds is 2. The van der Waals surface area contributed by atoms with Crippen molar-refractivity contribution in [2.75, 3.05) is 11.4 Å². The average Bonchev–Trinajstić information content (AvgIpc) is 2.70. The third-order valence-corrected chi connectivity index (χ3v) is 4.26. The Morgan fingerprint density at radius 1 is 1.25 bits per heavy atom. The van der Waals surface area contributed by atoms with Crippen LogP contribution in [0.15, 0.2) is 30.3 Å². The number of aromatic nitrogens is 1. The highest BCUT2D eigenvalue weighted by Gasteiger charge is 2.20. The molecule has 1 unspecified atom stereocenters. The van der Waals surface area contributed by atoms with Crippen molar-refractivity contribution in [1.29, 1.82) is 0 Å². The van der Waals surface area contributed by atoms with Gasteiger partial charge in [-0.3, -0.25) is 0 Å². The van der Waals surface area contributed by atoms with Crippen molar-refractivity contribution in [2.24, 2.45) is 0 Å². The summed E-state index contributed by atoms with van der Waals surface area (Å²) in [5.74, 6) is 1.04. The summed E-state index contributed by atoms with van der Waals surface area (Å²) in [6.07, 6.45) is 5.05. The summed E-state index contributed by atoms with van der Waals surface area (Å²) >= 11 is 0. The van der Waals surface area contributed by atoms with Crippen LogP contribution in [0.5, 0.6) is 0 Å². The van der Waals surface area contributed by atoms with E-state index < -0.39 is 0 Å². The van der Waals surface area contributed by atoms with Gasteiger partial charge < -0.3 is 10.0 Å². The fraction of sp³-hybridized carbons (Fsp3) is 0.471. The highest BCUT2D eigenvalue weighted by atomic mass is 16.3. The van der Waals surface area contributed by atoms with Gasteiger partial charge in [-0.1, -0.05) is 37.1 Å². The van der Waals surface area contributed by atoms with Crippen LogP contribution < -0.4 is 4.90 Å². The van der Waals surface area contributed by atoms with Crippen LogP contribution in [0.25, 0.3) is 10.8 Å². The van der Waals surface area contributed by atoms with Gasteiger partial charge in [-0.05, 0) is 31.2 Å². The summed E-state index contributed by atoms with van der Waals surface area (Å²) in [6.45, 7) is 3.35. The highest BCUT2D eigenvalue weighted by Crippen LogP contribution is 2.30. The van der Waals surface area contributed by atoms with E-state index in [9.17, 15) is 5.11 Å². The SMILES string of the molecule is CC1CCCCCN1c1nc(CO)cc2ccccc12. The van der Waals surface area contributed by atoms with E-state index >= 15 is 0 Å². The van der Waals surface area contributed by atoms with Crippen LogP contribution in [0.4, 0.5) is 5.82 Å². The Bertz CT molecular complexity index is 597. The topological polar surface area (TPSA) is 36.4 Å². The predicted molar refractivity (Wildman–Crippen MR) is 82.9 cm³/mol. The Balaban J connectivity index is 2.12. The summed E-state index contributed by atoms with van der Waals surface area (Å²) in [4.78, 5) is 7.14. The molecule has 1 aromatic carbocycles. The first-order valence-electron chi connectivity index (χ1n) is 7.56. The van der Waals surface area contributed by atoms with Crippen LogP contribution in [0, 0.1) is 0 Å². The van der Waals surface area contributed by atoms with Gasteiger partial charge in [0.05, 0.1) is 12.3 Å². The number of benzene rings is 1. The number of pyridine rings is 1. The molecule has 0 radical (unpaired) electrons. The Morgan fingerprint density at radius 2 is 2.10 bits per heavy atom. The zero-order valence-corrected chi connectivity index (χ0v) is 12.0. The molecule has 0 saturated carbocycles. The van der Waals surface area contributed by atoms with E-state index in [0.717, 1.165) is 23.4 Å². The molecule has 1 saturated heterocycles. The van der Waals surface area contributed by atoms with Crippen molar-refractivity contribution in [3.05, 3.63) is 36.0 Å². The Labute approximate surface area is 120 Å². The number of aliphatic hydroxyl groups is 1. The Kier molecular flexibility index (Phi) is 3.88. The molecule has 0 bridgehead atoms. The molecule has 106 valence electrons. The molecule has 1 aromatic heterocycles. The monoisotopic (exact) mass is 270 g/mol. The lowest BCUT2D eigenvalue weighted by Gasteiger charge is -2.29. The van der Waals surface area contributed by atoms with E-state index in [-0.39, 0.29) is 6.61 Å². The molecule has 1 atom stereocenters. The van der Waals surface area contributed by atoms with Crippen molar-refractivity contribution in [1.82, 2.24) is 4.98 Å². The number of hydrogen-bond acceptors (Lipinski definition) is 3. The summed E-state index contributed by atoms with van der Waals surface area (Å²) in [5.41, 5.74) is 0.759. The zero-order chi connectivity index (χ0) is 13.9. The van der Waals surface area contributed by atoms with Crippen LogP contribution in [0.3, 0.4) is 0 Å². The quantitative estimate of drug-likeness (QED) is 0.907. The lowest BCUT2D eigenvalue weighted by molar-refractivity contribution is 0.277. The summed E-state index contributed by atoms with van der Waals surface area (Å²) in [7, 11) is 0. The second kappa shape index (κ2) is 5.80. The molecule has 1 N–H and O–H groups in total. The van der Waals surface area contributed by atoms with Crippen molar-refractivity contribution in [3.8, 4) is 0 Å². The summed E-state index contributed by atoms with van der Waals surface area (Å²) in [5, 5.41) is 11.8. The van der Waals surface area contributed by atoms with Crippen molar-refractivity contribution < 1.29 is 5.11 Å². The van der Waals surface area contributed by atoms with Gasteiger partial charge in [-0.25, -0.2) is 4.98 Å². The first-order chi connectivity index (χ1) is 9.79. The molecule has 0 amide bonds. The van der Waals surface area contributed by atoms with Crippen molar-refractivity contribution >= 4 is 16.6 Å². The predicted octanol–water partition coefficient (Wildman–Crippen LogP) is 3.50. The first kappa shape index (κ1) is 13.4. The van der Waals surface area contributed by atoms with E-state index in [4.69, 9.17) is 4.98 Å². The van der Waals surface area contributed by atoms with Gasteiger partial charge >= 0.3 is 0 Å². The lowest BCUT2D eigenvalue weighted by Crippen LogP contribution is -2.33. The van der Waals surface area contributed by atoms with E-state index in [1.54, 1.807) is 0 Å². The second-order valence-electron chi connectivity index (χ2n) is 5.71. The molecule has 3 nitrogen and oxygen atoms in total. The van der Waals surface area contributed by atoms with Gasteiger partial charge in [-0.15, -0.1) is 0 Å². The zero-order valence-electron chi connectivity index (χ0n) is 12.0. The third-order valence-electron chi connectivity index (χ3n) is 4.26. The van der Waals surface area contributed by atoms with Crippen molar-refractivity contribution in [3.63, 3.8) is 0 Å². The molecule has 0 aliphatic carbocycles. The molecule has 1 fully saturated rings. The van der Waals surface area contributed by atoms with Crippen LogP contribution in [0.2, 0.25) is 0 Å². The van der Waals surface area contributed by atoms with Crippen LogP contribution in [0.1, 0.15) is 38.3 Å². The van der Waals surface area contributed by atoms with E-state index in [1.807, 2.05) is 12.1 Å². The Hall–Kier alpha value is -1.61. The molecule has 1 aliphatic heterocycles. The van der Waals surface area contributed by atoms with E-state index in [2.05, 4.69) is 30.0 Å². The molecule has 2 aromatic rings. The smallest absolute Gasteiger partial charge is 0.137 e. The standard InChI is InChI=1S/C17H22N2O/c1-13-7-3-2-6-10-19(13)17-16-9-5-4-8-14(16)11-15(12-20)18-17/h4-5,8-9,11,13,20H,2-3,6-7,10,12H2,1H3. The van der Waals surface area contributed by atoms with Crippen molar-refractivity contribution in [2.45, 2.75) is 45.3 Å². The maximum atomic E-state index is 9.46. The maximum Gasteiger partial charge on any atom is 0.137 e. The molecular weight excluding hydrogens is 248 g/mol. The summed E-state index contributed by atoms with van der Waals surface area (Å²) < 4.78 is 0. The van der Waals surface area contributed by atoms with Crippen LogP contribution in [-0.4, -0.2) is 22.7 Å². The van der Waals surface area contributed by atoms with Gasteiger partial charge in [0.1, 0.15) is 5.82 Å².